The molecular formula is C21H48N4O. The molecule has 158 valence electrons. The summed E-state index contributed by atoms with van der Waals surface area (Å²) >= 11 is 0. The molecule has 0 aromatic heterocycles. The Morgan fingerprint density at radius 1 is 0.846 bits per heavy atom. The summed E-state index contributed by atoms with van der Waals surface area (Å²) < 4.78 is 0. The lowest BCUT2D eigenvalue weighted by Crippen LogP contribution is -2.40. The van der Waals surface area contributed by atoms with Gasteiger partial charge < -0.3 is 21.5 Å². The first-order chi connectivity index (χ1) is 12.7. The summed E-state index contributed by atoms with van der Waals surface area (Å²) in [4.78, 5) is 2.36. The Labute approximate surface area is 163 Å². The molecule has 0 aliphatic heterocycles. The second kappa shape index (κ2) is 21.1. The maximum absolute atomic E-state index is 10.1. The highest BCUT2D eigenvalue weighted by atomic mass is 16.3. The van der Waals surface area contributed by atoms with Crippen LogP contribution >= 0.6 is 0 Å². The van der Waals surface area contributed by atoms with Crippen molar-refractivity contribution in [3.8, 4) is 0 Å². The van der Waals surface area contributed by atoms with Crippen LogP contribution in [0.15, 0.2) is 0 Å². The minimum atomic E-state index is -0.204. The van der Waals surface area contributed by atoms with E-state index < -0.39 is 0 Å². The maximum atomic E-state index is 10.1. The Kier molecular flexibility index (Phi) is 20.9. The van der Waals surface area contributed by atoms with Crippen molar-refractivity contribution in [1.29, 1.82) is 0 Å². The third-order valence-corrected chi connectivity index (χ3v) is 5.00. The monoisotopic (exact) mass is 372 g/mol. The molecular weight excluding hydrogens is 324 g/mol. The van der Waals surface area contributed by atoms with Gasteiger partial charge in [-0.3, -0.25) is 4.90 Å². The molecule has 0 aromatic rings. The van der Waals surface area contributed by atoms with E-state index >= 15 is 0 Å². The molecule has 0 saturated carbocycles. The Morgan fingerprint density at radius 2 is 1.42 bits per heavy atom. The lowest BCUT2D eigenvalue weighted by atomic mass is 10.0. The summed E-state index contributed by atoms with van der Waals surface area (Å²) in [6, 6.07) is 0. The molecule has 0 rings (SSSR count). The highest BCUT2D eigenvalue weighted by Crippen LogP contribution is 2.11. The molecule has 5 heteroatoms. The fraction of sp³-hybridized carbons (Fsp3) is 1.00. The van der Waals surface area contributed by atoms with Gasteiger partial charge in [0.05, 0.1) is 6.10 Å². The summed E-state index contributed by atoms with van der Waals surface area (Å²) in [5.74, 6) is 0. The molecule has 5 nitrogen and oxygen atoms in total. The number of unbranched alkanes of at least 4 members (excludes halogenated alkanes) is 9. The van der Waals surface area contributed by atoms with Gasteiger partial charge in [-0.1, -0.05) is 71.1 Å². The van der Waals surface area contributed by atoms with Crippen LogP contribution in [0.3, 0.4) is 0 Å². The van der Waals surface area contributed by atoms with E-state index in [1.54, 1.807) is 0 Å². The number of aliphatic hydroxyl groups is 1. The average Bonchev–Trinajstić information content (AvgIpc) is 2.64. The van der Waals surface area contributed by atoms with E-state index in [9.17, 15) is 5.11 Å². The molecule has 0 aliphatic rings. The van der Waals surface area contributed by atoms with E-state index in [0.29, 0.717) is 13.1 Å². The molecule has 0 radical (unpaired) electrons. The Bertz CT molecular complexity index is 266. The summed E-state index contributed by atoms with van der Waals surface area (Å²) in [5.41, 5.74) is 5.66. The van der Waals surface area contributed by atoms with E-state index in [1.807, 2.05) is 7.05 Å². The van der Waals surface area contributed by atoms with Gasteiger partial charge in [-0.15, -0.1) is 0 Å². The van der Waals surface area contributed by atoms with Gasteiger partial charge in [-0.25, -0.2) is 0 Å². The normalized spacial score (nSPS) is 12.8. The third kappa shape index (κ3) is 18.6. The van der Waals surface area contributed by atoms with Crippen LogP contribution in [0.25, 0.3) is 0 Å². The molecule has 0 bridgehead atoms. The quantitative estimate of drug-likeness (QED) is 0.233. The van der Waals surface area contributed by atoms with Gasteiger partial charge in [0.15, 0.2) is 0 Å². The third-order valence-electron chi connectivity index (χ3n) is 5.00. The SMILES string of the molecule is CCCCCCCCCCCCC(O)CNCCN(CCN)CCNC. The Morgan fingerprint density at radius 3 is 2.00 bits per heavy atom. The highest BCUT2D eigenvalue weighted by Gasteiger charge is 2.05. The van der Waals surface area contributed by atoms with Gasteiger partial charge in [0.25, 0.3) is 0 Å². The van der Waals surface area contributed by atoms with E-state index in [-0.39, 0.29) is 6.10 Å². The molecule has 1 unspecified atom stereocenters. The van der Waals surface area contributed by atoms with Crippen molar-refractivity contribution in [3.05, 3.63) is 0 Å². The molecule has 26 heavy (non-hydrogen) atoms. The van der Waals surface area contributed by atoms with Crippen LogP contribution in [0.5, 0.6) is 0 Å². The fourth-order valence-corrected chi connectivity index (χ4v) is 3.26. The molecule has 5 N–H and O–H groups in total. The number of nitrogens with one attached hydrogen (secondary N) is 2. The van der Waals surface area contributed by atoms with Gasteiger partial charge in [0, 0.05) is 45.8 Å². The maximum Gasteiger partial charge on any atom is 0.0664 e. The molecule has 0 aromatic carbocycles. The highest BCUT2D eigenvalue weighted by molar-refractivity contribution is 4.64. The lowest BCUT2D eigenvalue weighted by Gasteiger charge is -2.22. The number of hydrogen-bond donors (Lipinski definition) is 4. The number of nitrogens with two attached hydrogens (primary N) is 1. The molecule has 0 saturated heterocycles. The summed E-state index contributed by atoms with van der Waals surface area (Å²) in [7, 11) is 1.98. The minimum Gasteiger partial charge on any atom is -0.392 e. The second-order valence-electron chi connectivity index (χ2n) is 7.56. The lowest BCUT2D eigenvalue weighted by molar-refractivity contribution is 0.156. The van der Waals surface area contributed by atoms with Gasteiger partial charge >= 0.3 is 0 Å². The van der Waals surface area contributed by atoms with Gasteiger partial charge in [-0.2, -0.15) is 0 Å². The summed E-state index contributed by atoms with van der Waals surface area (Å²) in [6.45, 7) is 8.53. The summed E-state index contributed by atoms with van der Waals surface area (Å²) in [6.07, 6.45) is 14.2. The zero-order valence-electron chi connectivity index (χ0n) is 17.8. The first-order valence-corrected chi connectivity index (χ1v) is 11.2. The van der Waals surface area contributed by atoms with Crippen molar-refractivity contribution in [1.82, 2.24) is 15.5 Å². The van der Waals surface area contributed by atoms with Crippen molar-refractivity contribution < 1.29 is 5.11 Å². The second-order valence-corrected chi connectivity index (χ2v) is 7.56. The minimum absolute atomic E-state index is 0.204. The van der Waals surface area contributed by atoms with Crippen LogP contribution in [0.4, 0.5) is 0 Å². The van der Waals surface area contributed by atoms with Crippen molar-refractivity contribution in [3.63, 3.8) is 0 Å². The number of aliphatic hydroxyl groups excluding tert-OH is 1. The molecule has 0 aliphatic carbocycles. The van der Waals surface area contributed by atoms with Crippen molar-refractivity contribution in [2.45, 2.75) is 83.7 Å². The van der Waals surface area contributed by atoms with Gasteiger partial charge in [0.2, 0.25) is 0 Å². The zero-order chi connectivity index (χ0) is 19.3. The van der Waals surface area contributed by atoms with E-state index in [2.05, 4.69) is 22.5 Å². The molecule has 0 fully saturated rings. The van der Waals surface area contributed by atoms with E-state index in [4.69, 9.17) is 5.73 Å². The van der Waals surface area contributed by atoms with Crippen LogP contribution in [0, 0.1) is 0 Å². The average molecular weight is 373 g/mol. The van der Waals surface area contributed by atoms with Crippen molar-refractivity contribution in [2.75, 3.05) is 52.9 Å². The number of rotatable bonds is 21. The van der Waals surface area contributed by atoms with Crippen LogP contribution in [-0.4, -0.2) is 69.0 Å². The smallest absolute Gasteiger partial charge is 0.0664 e. The van der Waals surface area contributed by atoms with Gasteiger partial charge in [0.1, 0.15) is 0 Å². The molecule has 0 amide bonds. The van der Waals surface area contributed by atoms with Crippen LogP contribution in [0.2, 0.25) is 0 Å². The first-order valence-electron chi connectivity index (χ1n) is 11.2. The molecule has 1 atom stereocenters. The van der Waals surface area contributed by atoms with Crippen LogP contribution in [-0.2, 0) is 0 Å². The predicted octanol–water partition coefficient (Wildman–Crippen LogP) is 2.73. The zero-order valence-corrected chi connectivity index (χ0v) is 17.8. The number of likely N-dealkylation sites (N-methyl/N-ethyl adjacent to an activating group) is 1. The van der Waals surface area contributed by atoms with Crippen molar-refractivity contribution in [2.24, 2.45) is 5.73 Å². The predicted molar refractivity (Wildman–Crippen MR) is 115 cm³/mol. The van der Waals surface area contributed by atoms with E-state index in [0.717, 1.165) is 45.6 Å². The summed E-state index contributed by atoms with van der Waals surface area (Å²) in [5, 5.41) is 16.6. The molecule has 0 heterocycles. The standard InChI is InChI=1S/C21H48N4O/c1-3-4-5-6-7-8-9-10-11-12-13-21(26)20-24-16-19-25(17-14-22)18-15-23-2/h21,23-24,26H,3-20,22H2,1-2H3. The molecule has 0 spiro atoms. The fourth-order valence-electron chi connectivity index (χ4n) is 3.26. The first kappa shape index (κ1) is 25.8. The Balaban J connectivity index is 3.39. The van der Waals surface area contributed by atoms with Crippen LogP contribution in [0.1, 0.15) is 77.6 Å². The topological polar surface area (TPSA) is 73.5 Å². The Hall–Kier alpha value is -0.200. The number of nitrogens with zero attached hydrogens (tertiary/aromatic N) is 1. The van der Waals surface area contributed by atoms with E-state index in [1.165, 1.54) is 57.8 Å². The van der Waals surface area contributed by atoms with Gasteiger partial charge in [-0.05, 0) is 13.5 Å². The number of hydrogen-bond acceptors (Lipinski definition) is 5. The van der Waals surface area contributed by atoms with Crippen molar-refractivity contribution >= 4 is 0 Å². The largest absolute Gasteiger partial charge is 0.392 e. The van der Waals surface area contributed by atoms with Crippen LogP contribution < -0.4 is 16.4 Å².